The number of nitrogens with one attached hydrogen (secondary N) is 1. The van der Waals surface area contributed by atoms with Gasteiger partial charge in [-0.1, -0.05) is 11.3 Å². The third-order valence-electron chi connectivity index (χ3n) is 2.40. The van der Waals surface area contributed by atoms with Crippen LogP contribution < -0.4 is 16.2 Å². The normalized spacial score (nSPS) is 9.83. The highest BCUT2D eigenvalue weighted by Crippen LogP contribution is 2.19. The van der Waals surface area contributed by atoms with E-state index in [1.165, 1.54) is 11.3 Å². The predicted molar refractivity (Wildman–Crippen MR) is 71.0 cm³/mol. The first-order valence-corrected chi connectivity index (χ1v) is 6.05. The van der Waals surface area contributed by atoms with Crippen LogP contribution in [0.5, 0.6) is 0 Å². The second-order valence-corrected chi connectivity index (χ2v) is 4.72. The zero-order chi connectivity index (χ0) is 13.0. The first kappa shape index (κ1) is 12.3. The minimum absolute atomic E-state index is 0.596. The van der Waals surface area contributed by atoms with Crippen LogP contribution in [0.2, 0.25) is 0 Å². The summed E-state index contributed by atoms with van der Waals surface area (Å²) < 4.78 is 0. The average Bonchev–Trinajstić information content (AvgIpc) is 2.86. The lowest BCUT2D eigenvalue weighted by atomic mass is 10.2. The highest BCUT2D eigenvalue weighted by atomic mass is 32.1. The van der Waals surface area contributed by atoms with E-state index in [0.29, 0.717) is 17.2 Å². The molecule has 0 amide bonds. The Kier molecular flexibility index (Phi) is 3.72. The maximum atomic E-state index is 8.73. The van der Waals surface area contributed by atoms with E-state index >= 15 is 0 Å². The van der Waals surface area contributed by atoms with Gasteiger partial charge in [-0.15, -0.1) is 10.2 Å². The molecule has 92 valence electrons. The molecule has 0 atom stereocenters. The summed E-state index contributed by atoms with van der Waals surface area (Å²) in [6, 6.07) is 9.48. The number of nitrogens with two attached hydrogens (primary N) is 1. The first-order valence-electron chi connectivity index (χ1n) is 5.23. The topological polar surface area (TPSA) is 90.9 Å². The maximum Gasteiger partial charge on any atom is 0.219 e. The SMILES string of the molecule is CN(Cc1nnc(NN)s1)c1ccc(C#N)cc1. The largest absolute Gasteiger partial charge is 0.368 e. The lowest BCUT2D eigenvalue weighted by Gasteiger charge is -2.17. The number of rotatable bonds is 4. The minimum Gasteiger partial charge on any atom is -0.368 e. The monoisotopic (exact) mass is 260 g/mol. The average molecular weight is 260 g/mol. The highest BCUT2D eigenvalue weighted by molar-refractivity contribution is 7.15. The molecule has 7 heteroatoms. The summed E-state index contributed by atoms with van der Waals surface area (Å²) in [5.41, 5.74) is 4.14. The Balaban J connectivity index is 2.06. The Morgan fingerprint density at radius 1 is 1.39 bits per heavy atom. The molecule has 0 aliphatic rings. The van der Waals surface area contributed by atoms with E-state index in [2.05, 4.69) is 21.7 Å². The molecule has 0 saturated heterocycles. The number of nitriles is 1. The predicted octanol–water partition coefficient (Wildman–Crippen LogP) is 1.33. The molecule has 2 rings (SSSR count). The molecule has 2 aromatic rings. The summed E-state index contributed by atoms with van der Waals surface area (Å²) in [5.74, 6) is 5.25. The fourth-order valence-corrected chi connectivity index (χ4v) is 2.16. The molecule has 1 aromatic heterocycles. The lowest BCUT2D eigenvalue weighted by molar-refractivity contribution is 0.880. The van der Waals surface area contributed by atoms with Crippen LogP contribution in [0.4, 0.5) is 10.8 Å². The molecule has 0 aliphatic carbocycles. The van der Waals surface area contributed by atoms with E-state index < -0.39 is 0 Å². The molecular formula is C11H12N6S. The highest BCUT2D eigenvalue weighted by Gasteiger charge is 2.07. The van der Waals surface area contributed by atoms with Gasteiger partial charge in [0, 0.05) is 12.7 Å². The number of nitrogen functional groups attached to an aromatic ring is 1. The number of benzene rings is 1. The van der Waals surface area contributed by atoms with Crippen molar-refractivity contribution >= 4 is 22.2 Å². The Morgan fingerprint density at radius 2 is 2.11 bits per heavy atom. The summed E-state index contributed by atoms with van der Waals surface area (Å²) >= 11 is 1.41. The Morgan fingerprint density at radius 3 is 2.67 bits per heavy atom. The zero-order valence-corrected chi connectivity index (χ0v) is 10.6. The molecule has 3 N–H and O–H groups in total. The van der Waals surface area contributed by atoms with E-state index in [-0.39, 0.29) is 0 Å². The van der Waals surface area contributed by atoms with Gasteiger partial charge in [0.05, 0.1) is 18.2 Å². The van der Waals surface area contributed by atoms with Gasteiger partial charge in [0.2, 0.25) is 5.13 Å². The number of hydrogen-bond donors (Lipinski definition) is 2. The molecule has 0 radical (unpaired) electrons. The fourth-order valence-electron chi connectivity index (χ4n) is 1.46. The maximum absolute atomic E-state index is 8.73. The molecule has 0 spiro atoms. The second kappa shape index (κ2) is 5.44. The van der Waals surface area contributed by atoms with Crippen molar-refractivity contribution in [2.24, 2.45) is 5.84 Å². The molecule has 18 heavy (non-hydrogen) atoms. The van der Waals surface area contributed by atoms with Gasteiger partial charge in [0.25, 0.3) is 0 Å². The van der Waals surface area contributed by atoms with Crippen LogP contribution in [0.1, 0.15) is 10.6 Å². The fraction of sp³-hybridized carbons (Fsp3) is 0.182. The third kappa shape index (κ3) is 2.74. The summed E-state index contributed by atoms with van der Waals surface area (Å²) in [6.45, 7) is 0.644. The molecule has 0 unspecified atom stereocenters. The van der Waals surface area contributed by atoms with Crippen LogP contribution in [0.3, 0.4) is 0 Å². The van der Waals surface area contributed by atoms with Gasteiger partial charge in [-0.2, -0.15) is 5.26 Å². The van der Waals surface area contributed by atoms with Crippen LogP contribution in [0.25, 0.3) is 0 Å². The van der Waals surface area contributed by atoms with Gasteiger partial charge >= 0.3 is 0 Å². The Hall–Kier alpha value is -2.17. The van der Waals surface area contributed by atoms with Crippen molar-refractivity contribution in [3.8, 4) is 6.07 Å². The van der Waals surface area contributed by atoms with Gasteiger partial charge in [-0.05, 0) is 24.3 Å². The van der Waals surface area contributed by atoms with Crippen molar-refractivity contribution in [3.63, 3.8) is 0 Å². The van der Waals surface area contributed by atoms with Crippen molar-refractivity contribution in [1.82, 2.24) is 10.2 Å². The Labute approximate surface area is 109 Å². The van der Waals surface area contributed by atoms with Gasteiger partial charge in [0.15, 0.2) is 0 Å². The zero-order valence-electron chi connectivity index (χ0n) is 9.79. The molecule has 0 bridgehead atoms. The number of hydrazine groups is 1. The molecule has 0 aliphatic heterocycles. The number of aromatic nitrogens is 2. The molecule has 1 heterocycles. The van der Waals surface area contributed by atoms with E-state index in [1.54, 1.807) is 12.1 Å². The number of nitrogens with zero attached hydrogens (tertiary/aromatic N) is 4. The standard InChI is InChI=1S/C11H12N6S/c1-17(7-10-15-16-11(14-13)18-10)9-4-2-8(6-12)3-5-9/h2-5H,7,13H2,1H3,(H,14,16). The van der Waals surface area contributed by atoms with E-state index in [1.807, 2.05) is 24.1 Å². The Bertz CT molecular complexity index is 556. The smallest absolute Gasteiger partial charge is 0.219 e. The van der Waals surface area contributed by atoms with Crippen molar-refractivity contribution in [2.45, 2.75) is 6.54 Å². The van der Waals surface area contributed by atoms with Crippen molar-refractivity contribution in [2.75, 3.05) is 17.4 Å². The van der Waals surface area contributed by atoms with E-state index in [9.17, 15) is 0 Å². The van der Waals surface area contributed by atoms with Crippen LogP contribution in [0, 0.1) is 11.3 Å². The molecule has 0 saturated carbocycles. The summed E-state index contributed by atoms with van der Waals surface area (Å²) in [4.78, 5) is 2.03. The second-order valence-electron chi connectivity index (χ2n) is 3.66. The van der Waals surface area contributed by atoms with Crippen LogP contribution in [-0.4, -0.2) is 17.2 Å². The van der Waals surface area contributed by atoms with Crippen LogP contribution >= 0.6 is 11.3 Å². The van der Waals surface area contributed by atoms with Gasteiger partial charge in [-0.3, -0.25) is 5.43 Å². The summed E-state index contributed by atoms with van der Waals surface area (Å²) in [5, 5.41) is 18.1. The van der Waals surface area contributed by atoms with Gasteiger partial charge < -0.3 is 4.90 Å². The van der Waals surface area contributed by atoms with Crippen molar-refractivity contribution < 1.29 is 0 Å². The third-order valence-corrected chi connectivity index (χ3v) is 3.24. The molecule has 1 aromatic carbocycles. The van der Waals surface area contributed by atoms with Crippen molar-refractivity contribution in [3.05, 3.63) is 34.8 Å². The number of hydrogen-bond acceptors (Lipinski definition) is 7. The summed E-state index contributed by atoms with van der Waals surface area (Å²) in [7, 11) is 1.96. The van der Waals surface area contributed by atoms with Gasteiger partial charge in [-0.25, -0.2) is 5.84 Å². The number of anilines is 2. The van der Waals surface area contributed by atoms with Crippen LogP contribution in [-0.2, 0) is 6.54 Å². The quantitative estimate of drug-likeness (QED) is 0.636. The molecular weight excluding hydrogens is 248 g/mol. The van der Waals surface area contributed by atoms with Crippen LogP contribution in [0.15, 0.2) is 24.3 Å². The minimum atomic E-state index is 0.596. The van der Waals surface area contributed by atoms with Crippen molar-refractivity contribution in [1.29, 1.82) is 5.26 Å². The first-order chi connectivity index (χ1) is 8.72. The molecule has 0 fully saturated rings. The van der Waals surface area contributed by atoms with E-state index in [4.69, 9.17) is 11.1 Å². The molecule has 6 nitrogen and oxygen atoms in total. The van der Waals surface area contributed by atoms with Gasteiger partial charge in [0.1, 0.15) is 5.01 Å². The summed E-state index contributed by atoms with van der Waals surface area (Å²) in [6.07, 6.45) is 0. The lowest BCUT2D eigenvalue weighted by Crippen LogP contribution is -2.16. The van der Waals surface area contributed by atoms with E-state index in [0.717, 1.165) is 10.7 Å².